The molecule has 0 saturated carbocycles. The predicted molar refractivity (Wildman–Crippen MR) is 119 cm³/mol. The average molecular weight is 560 g/mol. The van der Waals surface area contributed by atoms with Crippen LogP contribution in [0.2, 0.25) is 0 Å². The van der Waals surface area contributed by atoms with E-state index in [4.69, 9.17) is 4.42 Å². The van der Waals surface area contributed by atoms with E-state index >= 15 is 0 Å². The van der Waals surface area contributed by atoms with Crippen LogP contribution in [0.4, 0.5) is 13.2 Å². The molecule has 168 valence electrons. The summed E-state index contributed by atoms with van der Waals surface area (Å²) in [7, 11) is -5.27. The highest BCUT2D eigenvalue weighted by molar-refractivity contribution is 14.0. The molecule has 0 radical (unpaired) electrons. The SMILES string of the molecule is CCNC(=NCc1cc2ccccc2o1)NC1CCN(S(=O)(=O)C(F)(F)F)CC1.I. The van der Waals surface area contributed by atoms with Gasteiger partial charge in [0.1, 0.15) is 17.9 Å². The minimum absolute atomic E-state index is 0. The van der Waals surface area contributed by atoms with Crippen LogP contribution in [0.3, 0.4) is 0 Å². The molecule has 0 atom stereocenters. The molecule has 1 fully saturated rings. The number of sulfonamides is 1. The summed E-state index contributed by atoms with van der Waals surface area (Å²) in [6.45, 7) is 2.42. The van der Waals surface area contributed by atoms with E-state index in [1.807, 2.05) is 37.3 Å². The standard InChI is InChI=1S/C18H23F3N4O3S.HI/c1-2-22-17(23-12-15-11-13-5-3-4-6-16(13)28-15)24-14-7-9-25(10-8-14)29(26,27)18(19,20)21;/h3-6,11,14H,2,7-10,12H2,1H3,(H2,22,23,24);1H. The number of alkyl halides is 3. The summed E-state index contributed by atoms with van der Waals surface area (Å²) in [5, 5.41) is 7.23. The molecule has 7 nitrogen and oxygen atoms in total. The molecule has 1 aliphatic heterocycles. The summed E-state index contributed by atoms with van der Waals surface area (Å²) < 4.78 is 67.3. The smallest absolute Gasteiger partial charge is 0.459 e. The van der Waals surface area contributed by atoms with Crippen LogP contribution in [0.1, 0.15) is 25.5 Å². The first-order chi connectivity index (χ1) is 13.7. The molecule has 0 unspecified atom stereocenters. The summed E-state index contributed by atoms with van der Waals surface area (Å²) in [5.41, 5.74) is -4.50. The van der Waals surface area contributed by atoms with Gasteiger partial charge in [0.15, 0.2) is 5.96 Å². The molecular formula is C18H24F3IN4O3S. The Bertz CT molecular complexity index is 937. The van der Waals surface area contributed by atoms with Gasteiger partial charge in [-0.2, -0.15) is 17.5 Å². The summed E-state index contributed by atoms with van der Waals surface area (Å²) in [4.78, 5) is 4.47. The molecule has 0 amide bonds. The molecule has 2 N–H and O–H groups in total. The molecule has 1 saturated heterocycles. The monoisotopic (exact) mass is 560 g/mol. The Morgan fingerprint density at radius 2 is 1.93 bits per heavy atom. The number of aliphatic imine (C=N–C) groups is 1. The van der Waals surface area contributed by atoms with Crippen LogP contribution < -0.4 is 10.6 Å². The first kappa shape index (κ1) is 24.7. The topological polar surface area (TPSA) is 86.9 Å². The number of hydrogen-bond acceptors (Lipinski definition) is 4. The zero-order chi connectivity index (χ0) is 21.1. The number of nitrogens with zero attached hydrogens (tertiary/aromatic N) is 2. The van der Waals surface area contributed by atoms with Crippen molar-refractivity contribution >= 4 is 50.9 Å². The van der Waals surface area contributed by atoms with E-state index in [0.29, 0.717) is 29.1 Å². The van der Waals surface area contributed by atoms with Gasteiger partial charge in [0.05, 0.1) is 0 Å². The Kier molecular flexibility index (Phi) is 8.39. The van der Waals surface area contributed by atoms with Crippen molar-refractivity contribution in [3.05, 3.63) is 36.1 Å². The highest BCUT2D eigenvalue weighted by atomic mass is 127. The third-order valence-corrected chi connectivity index (χ3v) is 6.27. The minimum Gasteiger partial charge on any atom is -0.459 e. The maximum atomic E-state index is 12.7. The van der Waals surface area contributed by atoms with Crippen molar-refractivity contribution in [3.8, 4) is 0 Å². The van der Waals surface area contributed by atoms with Crippen molar-refractivity contribution in [3.63, 3.8) is 0 Å². The van der Waals surface area contributed by atoms with Gasteiger partial charge in [-0.3, -0.25) is 0 Å². The lowest BCUT2D eigenvalue weighted by Gasteiger charge is -2.32. The van der Waals surface area contributed by atoms with Crippen molar-refractivity contribution in [2.45, 2.75) is 37.9 Å². The van der Waals surface area contributed by atoms with Gasteiger partial charge in [-0.15, -0.1) is 24.0 Å². The van der Waals surface area contributed by atoms with Crippen molar-refractivity contribution in [1.29, 1.82) is 0 Å². The van der Waals surface area contributed by atoms with Crippen LogP contribution >= 0.6 is 24.0 Å². The van der Waals surface area contributed by atoms with Crippen LogP contribution in [0.5, 0.6) is 0 Å². The van der Waals surface area contributed by atoms with E-state index in [1.165, 1.54) is 0 Å². The second-order valence-corrected chi connectivity index (χ2v) is 8.64. The highest BCUT2D eigenvalue weighted by Crippen LogP contribution is 2.29. The lowest BCUT2D eigenvalue weighted by molar-refractivity contribution is -0.0494. The molecule has 1 aromatic heterocycles. The summed E-state index contributed by atoms with van der Waals surface area (Å²) in [6.07, 6.45) is 0.509. The Balaban J connectivity index is 0.00000320. The number of nitrogens with one attached hydrogen (secondary N) is 2. The second kappa shape index (κ2) is 10.2. The van der Waals surface area contributed by atoms with Gasteiger partial charge in [-0.25, -0.2) is 13.4 Å². The van der Waals surface area contributed by atoms with Gasteiger partial charge < -0.3 is 15.1 Å². The number of halogens is 4. The van der Waals surface area contributed by atoms with Crippen LogP contribution in [0.25, 0.3) is 11.0 Å². The molecular weight excluding hydrogens is 536 g/mol. The van der Waals surface area contributed by atoms with Crippen molar-refractivity contribution in [2.24, 2.45) is 4.99 Å². The second-order valence-electron chi connectivity index (χ2n) is 6.71. The summed E-state index contributed by atoms with van der Waals surface area (Å²) >= 11 is 0. The molecule has 12 heteroatoms. The molecule has 3 rings (SSSR count). The fraction of sp³-hybridized carbons (Fsp3) is 0.500. The molecule has 1 aliphatic rings. The molecule has 30 heavy (non-hydrogen) atoms. The lowest BCUT2D eigenvalue weighted by Crippen LogP contribution is -2.51. The van der Waals surface area contributed by atoms with E-state index in [2.05, 4.69) is 15.6 Å². The van der Waals surface area contributed by atoms with Crippen molar-refractivity contribution < 1.29 is 26.0 Å². The average Bonchev–Trinajstić information content (AvgIpc) is 3.09. The van der Waals surface area contributed by atoms with Gasteiger partial charge >= 0.3 is 15.5 Å². The zero-order valence-electron chi connectivity index (χ0n) is 16.3. The summed E-state index contributed by atoms with van der Waals surface area (Å²) in [5.74, 6) is 1.19. The lowest BCUT2D eigenvalue weighted by atomic mass is 10.1. The van der Waals surface area contributed by atoms with E-state index in [0.717, 1.165) is 11.0 Å². The molecule has 2 heterocycles. The quantitative estimate of drug-likeness (QED) is 0.333. The fourth-order valence-electron chi connectivity index (χ4n) is 3.17. The largest absolute Gasteiger partial charge is 0.511 e. The van der Waals surface area contributed by atoms with Gasteiger partial charge in [0.25, 0.3) is 0 Å². The highest BCUT2D eigenvalue weighted by Gasteiger charge is 2.50. The molecule has 0 spiro atoms. The van der Waals surface area contributed by atoms with E-state index in [9.17, 15) is 21.6 Å². The molecule has 0 bridgehead atoms. The van der Waals surface area contributed by atoms with Gasteiger partial charge in [0, 0.05) is 31.1 Å². The van der Waals surface area contributed by atoms with E-state index < -0.39 is 15.5 Å². The minimum atomic E-state index is -5.27. The Morgan fingerprint density at radius 1 is 1.27 bits per heavy atom. The summed E-state index contributed by atoms with van der Waals surface area (Å²) in [6, 6.07) is 9.34. The van der Waals surface area contributed by atoms with E-state index in [-0.39, 0.29) is 55.9 Å². The van der Waals surface area contributed by atoms with Gasteiger partial charge in [-0.05, 0) is 31.9 Å². The van der Waals surface area contributed by atoms with E-state index in [1.54, 1.807) is 0 Å². The Labute approximate surface area is 190 Å². The number of fused-ring (bicyclic) bond motifs is 1. The van der Waals surface area contributed by atoms with Crippen LogP contribution in [-0.4, -0.2) is 49.9 Å². The number of para-hydroxylation sites is 1. The van der Waals surface area contributed by atoms with Crippen LogP contribution in [-0.2, 0) is 16.6 Å². The number of rotatable bonds is 5. The maximum Gasteiger partial charge on any atom is 0.511 e. The molecule has 0 aliphatic carbocycles. The maximum absolute atomic E-state index is 12.7. The Hall–Kier alpha value is -1.54. The first-order valence-electron chi connectivity index (χ1n) is 9.29. The normalized spacial score (nSPS) is 17.0. The van der Waals surface area contributed by atoms with Crippen LogP contribution in [0.15, 0.2) is 39.7 Å². The van der Waals surface area contributed by atoms with Crippen LogP contribution in [0, 0.1) is 0 Å². The van der Waals surface area contributed by atoms with Gasteiger partial charge in [-0.1, -0.05) is 18.2 Å². The molecule has 2 aromatic rings. The fourth-order valence-corrected chi connectivity index (χ4v) is 4.16. The van der Waals surface area contributed by atoms with Gasteiger partial charge in [0.2, 0.25) is 0 Å². The molecule has 1 aromatic carbocycles. The number of hydrogen-bond donors (Lipinski definition) is 2. The third-order valence-electron chi connectivity index (χ3n) is 4.64. The number of piperidine rings is 1. The van der Waals surface area contributed by atoms with Crippen molar-refractivity contribution in [1.82, 2.24) is 14.9 Å². The third kappa shape index (κ3) is 5.78. The number of guanidine groups is 1. The zero-order valence-corrected chi connectivity index (χ0v) is 19.4. The number of furan rings is 1. The van der Waals surface area contributed by atoms with Crippen molar-refractivity contribution in [2.75, 3.05) is 19.6 Å². The number of benzene rings is 1. The Morgan fingerprint density at radius 3 is 2.53 bits per heavy atom. The first-order valence-corrected chi connectivity index (χ1v) is 10.7. The predicted octanol–water partition coefficient (Wildman–Crippen LogP) is 3.42.